The maximum atomic E-state index is 14.2. The molecular formula is C22H21ClFN3O4. The van der Waals surface area contributed by atoms with Crippen molar-refractivity contribution in [2.24, 2.45) is 0 Å². The molecule has 0 N–H and O–H groups in total. The summed E-state index contributed by atoms with van der Waals surface area (Å²) in [5, 5.41) is 4.33. The van der Waals surface area contributed by atoms with Crippen molar-refractivity contribution in [3.05, 3.63) is 58.7 Å². The molecule has 4 rings (SSSR count). The highest BCUT2D eigenvalue weighted by molar-refractivity contribution is 6.31. The van der Waals surface area contributed by atoms with Gasteiger partial charge in [-0.1, -0.05) is 22.8 Å². The summed E-state index contributed by atoms with van der Waals surface area (Å²) in [5.74, 6) is 1.25. The first kappa shape index (κ1) is 21.1. The first-order chi connectivity index (χ1) is 15.0. The summed E-state index contributed by atoms with van der Waals surface area (Å²) >= 11 is 6.15. The Bertz CT molecular complexity index is 1080. The molecular weight excluding hydrogens is 425 g/mol. The topological polar surface area (TPSA) is 77.7 Å². The summed E-state index contributed by atoms with van der Waals surface area (Å²) in [4.78, 5) is 18.5. The van der Waals surface area contributed by atoms with Crippen LogP contribution < -0.4 is 9.47 Å². The number of carbonyl (C=O) groups is 1. The molecule has 1 aliphatic heterocycles. The summed E-state index contributed by atoms with van der Waals surface area (Å²) < 4.78 is 30.6. The lowest BCUT2D eigenvalue weighted by molar-refractivity contribution is -0.130. The van der Waals surface area contributed by atoms with Gasteiger partial charge >= 0.3 is 0 Å². The molecule has 0 saturated carbocycles. The van der Waals surface area contributed by atoms with Crippen LogP contribution in [-0.4, -0.2) is 34.7 Å². The number of hydrogen-bond acceptors (Lipinski definition) is 6. The second-order valence-electron chi connectivity index (χ2n) is 7.03. The molecule has 1 amide bonds. The zero-order valence-electron chi connectivity index (χ0n) is 17.1. The van der Waals surface area contributed by atoms with Gasteiger partial charge in [0.05, 0.1) is 20.3 Å². The third-order valence-corrected chi connectivity index (χ3v) is 5.52. The lowest BCUT2D eigenvalue weighted by Crippen LogP contribution is -2.28. The van der Waals surface area contributed by atoms with Crippen molar-refractivity contribution < 1.29 is 23.2 Å². The Kier molecular flexibility index (Phi) is 6.08. The van der Waals surface area contributed by atoms with Crippen LogP contribution in [0.4, 0.5) is 4.39 Å². The first-order valence-corrected chi connectivity index (χ1v) is 10.3. The van der Waals surface area contributed by atoms with Gasteiger partial charge < -0.3 is 18.9 Å². The number of carbonyl (C=O) groups excluding carboxylic acids is 1. The number of benzene rings is 2. The molecule has 1 atom stereocenters. The van der Waals surface area contributed by atoms with Crippen molar-refractivity contribution in [3.63, 3.8) is 0 Å². The van der Waals surface area contributed by atoms with E-state index in [9.17, 15) is 9.18 Å². The number of hydrogen-bond donors (Lipinski definition) is 0. The van der Waals surface area contributed by atoms with Crippen molar-refractivity contribution in [2.45, 2.75) is 32.4 Å². The molecule has 9 heteroatoms. The first-order valence-electron chi connectivity index (χ1n) is 9.89. The van der Waals surface area contributed by atoms with E-state index in [0.717, 1.165) is 0 Å². The van der Waals surface area contributed by atoms with Crippen LogP contribution in [0.1, 0.15) is 37.3 Å². The second kappa shape index (κ2) is 8.93. The Labute approximate surface area is 183 Å². The summed E-state index contributed by atoms with van der Waals surface area (Å²) in [6.07, 6.45) is 0.810. The number of nitrogens with zero attached hydrogens (tertiary/aromatic N) is 3. The molecule has 3 aromatic rings. The minimum Gasteiger partial charge on any atom is -0.493 e. The van der Waals surface area contributed by atoms with Gasteiger partial charge in [-0.2, -0.15) is 4.98 Å². The Morgan fingerprint density at radius 1 is 1.29 bits per heavy atom. The number of likely N-dealkylation sites (tertiary alicyclic amines) is 1. The number of aromatic nitrogens is 2. The Morgan fingerprint density at radius 3 is 2.87 bits per heavy atom. The smallest absolute Gasteiger partial charge is 0.249 e. The van der Waals surface area contributed by atoms with E-state index in [0.29, 0.717) is 48.2 Å². The molecule has 1 aliphatic rings. The third-order valence-electron chi connectivity index (χ3n) is 5.17. The van der Waals surface area contributed by atoms with Crippen molar-refractivity contribution >= 4 is 17.5 Å². The van der Waals surface area contributed by atoms with E-state index in [-0.39, 0.29) is 23.0 Å². The minimum absolute atomic E-state index is 0.0313. The third kappa shape index (κ3) is 4.20. The largest absolute Gasteiger partial charge is 0.493 e. The van der Waals surface area contributed by atoms with Crippen molar-refractivity contribution in [1.29, 1.82) is 0 Å². The zero-order chi connectivity index (χ0) is 22.0. The van der Waals surface area contributed by atoms with E-state index < -0.39 is 11.9 Å². The molecule has 2 heterocycles. The van der Waals surface area contributed by atoms with Gasteiger partial charge in [0, 0.05) is 22.6 Å². The summed E-state index contributed by atoms with van der Waals surface area (Å²) in [6, 6.07) is 9.34. The Balaban J connectivity index is 1.60. The Morgan fingerprint density at radius 2 is 2.13 bits per heavy atom. The number of rotatable bonds is 7. The predicted octanol–water partition coefficient (Wildman–Crippen LogP) is 4.80. The molecule has 1 fully saturated rings. The highest BCUT2D eigenvalue weighted by Gasteiger charge is 2.36. The van der Waals surface area contributed by atoms with Crippen molar-refractivity contribution in [3.8, 4) is 22.9 Å². The summed E-state index contributed by atoms with van der Waals surface area (Å²) in [5.41, 5.74) is 0.948. The predicted molar refractivity (Wildman–Crippen MR) is 111 cm³/mol. The molecule has 1 aromatic heterocycles. The van der Waals surface area contributed by atoms with Crippen LogP contribution in [0.3, 0.4) is 0 Å². The van der Waals surface area contributed by atoms with Crippen molar-refractivity contribution in [2.75, 3.05) is 13.7 Å². The van der Waals surface area contributed by atoms with E-state index >= 15 is 0 Å². The number of methoxy groups -OCH3 is 1. The highest BCUT2D eigenvalue weighted by Crippen LogP contribution is 2.36. The van der Waals surface area contributed by atoms with Gasteiger partial charge in [-0.05, 0) is 43.7 Å². The molecule has 2 aromatic carbocycles. The monoisotopic (exact) mass is 445 g/mol. The minimum atomic E-state index is -0.460. The molecule has 1 unspecified atom stereocenters. The standard InChI is InChI=1S/C22H21ClFN3O4/c1-3-30-18-9-7-13(11-19(18)29-2)21-25-22(31-26-21)17-8-10-20(28)27(17)12-14-15(23)5-4-6-16(14)24/h4-7,9,11,17H,3,8,10,12H2,1-2H3. The van der Waals surface area contributed by atoms with E-state index in [2.05, 4.69) is 10.1 Å². The molecule has 0 radical (unpaired) electrons. The second-order valence-corrected chi connectivity index (χ2v) is 7.44. The van der Waals surface area contributed by atoms with Crippen LogP contribution in [-0.2, 0) is 11.3 Å². The maximum Gasteiger partial charge on any atom is 0.249 e. The number of ether oxygens (including phenoxy) is 2. The molecule has 7 nitrogen and oxygen atoms in total. The van der Waals surface area contributed by atoms with E-state index in [1.807, 2.05) is 6.92 Å². The SMILES string of the molecule is CCOc1ccc(-c2noc(C3CCC(=O)N3Cc3c(F)cccc3Cl)n2)cc1OC. The van der Waals surface area contributed by atoms with Gasteiger partial charge in [-0.3, -0.25) is 4.79 Å². The molecule has 1 saturated heterocycles. The van der Waals surface area contributed by atoms with Gasteiger partial charge in [0.15, 0.2) is 11.5 Å². The molecule has 0 aliphatic carbocycles. The fourth-order valence-electron chi connectivity index (χ4n) is 3.61. The molecule has 0 spiro atoms. The lowest BCUT2D eigenvalue weighted by atomic mass is 10.1. The van der Waals surface area contributed by atoms with Crippen LogP contribution in [0.5, 0.6) is 11.5 Å². The van der Waals surface area contributed by atoms with Gasteiger partial charge in [-0.25, -0.2) is 4.39 Å². The van der Waals surface area contributed by atoms with E-state index in [1.54, 1.807) is 31.4 Å². The van der Waals surface area contributed by atoms with Crippen LogP contribution >= 0.6 is 11.6 Å². The zero-order valence-corrected chi connectivity index (χ0v) is 17.9. The van der Waals surface area contributed by atoms with Crippen LogP contribution in [0.2, 0.25) is 5.02 Å². The van der Waals surface area contributed by atoms with E-state index in [4.69, 9.17) is 25.6 Å². The Hall–Kier alpha value is -3.13. The quantitative estimate of drug-likeness (QED) is 0.520. The number of amides is 1. The average molecular weight is 446 g/mol. The molecule has 0 bridgehead atoms. The highest BCUT2D eigenvalue weighted by atomic mass is 35.5. The van der Waals surface area contributed by atoms with Gasteiger partial charge in [0.1, 0.15) is 11.9 Å². The van der Waals surface area contributed by atoms with Crippen molar-refractivity contribution in [1.82, 2.24) is 15.0 Å². The maximum absolute atomic E-state index is 14.2. The fourth-order valence-corrected chi connectivity index (χ4v) is 3.83. The van der Waals surface area contributed by atoms with Gasteiger partial charge in [0.25, 0.3) is 0 Å². The lowest BCUT2D eigenvalue weighted by Gasteiger charge is -2.22. The summed E-state index contributed by atoms with van der Waals surface area (Å²) in [6.45, 7) is 2.44. The normalized spacial score (nSPS) is 16.1. The average Bonchev–Trinajstić information content (AvgIpc) is 3.38. The summed E-state index contributed by atoms with van der Waals surface area (Å²) in [7, 11) is 1.55. The number of halogens is 2. The van der Waals surface area contributed by atoms with Crippen LogP contribution in [0, 0.1) is 5.82 Å². The fraction of sp³-hybridized carbons (Fsp3) is 0.318. The molecule has 31 heavy (non-hydrogen) atoms. The van der Waals surface area contributed by atoms with E-state index in [1.165, 1.54) is 17.0 Å². The van der Waals surface area contributed by atoms with Gasteiger partial charge in [-0.15, -0.1) is 0 Å². The van der Waals surface area contributed by atoms with Crippen LogP contribution in [0.25, 0.3) is 11.4 Å². The molecule has 162 valence electrons. The van der Waals surface area contributed by atoms with Crippen LogP contribution in [0.15, 0.2) is 40.9 Å². The van der Waals surface area contributed by atoms with Gasteiger partial charge in [0.2, 0.25) is 17.6 Å².